The van der Waals surface area contributed by atoms with E-state index in [0.717, 1.165) is 67.6 Å². The second kappa shape index (κ2) is 15.0. The Hall–Kier alpha value is -3.50. The molecule has 0 spiro atoms. The van der Waals surface area contributed by atoms with Crippen LogP contribution in [0.3, 0.4) is 0 Å². The third-order valence-corrected chi connectivity index (χ3v) is 13.6. The first-order valence-corrected chi connectivity index (χ1v) is 19.3. The van der Waals surface area contributed by atoms with Crippen LogP contribution in [0.15, 0.2) is 0 Å². The number of carbonyl (C=O) groups is 4. The largest absolute Gasteiger partial charge is 0.356 e. The summed E-state index contributed by atoms with van der Waals surface area (Å²) in [5.74, 6) is -6.97. The minimum absolute atomic E-state index is 0.0546. The number of hydrogen-bond donors (Lipinski definition) is 4. The zero-order valence-electron chi connectivity index (χ0n) is 30.4. The van der Waals surface area contributed by atoms with Gasteiger partial charge in [0.15, 0.2) is 0 Å². The molecule has 0 aromatic carbocycles. The smallest absolute Gasteiger partial charge is 0.268 e. The lowest BCUT2D eigenvalue weighted by molar-refractivity contribution is -0.139. The minimum Gasteiger partial charge on any atom is -0.356 e. The van der Waals surface area contributed by atoms with E-state index in [-0.39, 0.29) is 36.0 Å². The fourth-order valence-corrected chi connectivity index (χ4v) is 9.91. The Morgan fingerprint density at radius 2 is 0.906 bits per heavy atom. The first-order valence-electron chi connectivity index (χ1n) is 19.3. The second-order valence-corrected chi connectivity index (χ2v) is 16.9. The quantitative estimate of drug-likeness (QED) is 0.155. The number of alkyl halides is 4. The van der Waals surface area contributed by atoms with Crippen molar-refractivity contribution < 1.29 is 36.7 Å². The van der Waals surface area contributed by atoms with Crippen molar-refractivity contribution in [3.8, 4) is 12.1 Å². The summed E-state index contributed by atoms with van der Waals surface area (Å²) in [5, 5.41) is 31.3. The number of amides is 4. The van der Waals surface area contributed by atoms with Crippen molar-refractivity contribution in [1.82, 2.24) is 31.1 Å². The normalized spacial score (nSPS) is 35.1. The second-order valence-electron chi connectivity index (χ2n) is 16.9. The Balaban J connectivity index is 0.832. The molecule has 4 bridgehead atoms. The summed E-state index contributed by atoms with van der Waals surface area (Å²) < 4.78 is 55.2. The molecule has 292 valence electrons. The van der Waals surface area contributed by atoms with Gasteiger partial charge in [-0.2, -0.15) is 10.5 Å². The number of rotatable bonds is 14. The van der Waals surface area contributed by atoms with E-state index in [1.54, 1.807) is 0 Å². The molecule has 16 heteroatoms. The van der Waals surface area contributed by atoms with Crippen LogP contribution in [0.4, 0.5) is 17.6 Å². The van der Waals surface area contributed by atoms with Gasteiger partial charge in [-0.1, -0.05) is 0 Å². The molecule has 2 heterocycles. The summed E-state index contributed by atoms with van der Waals surface area (Å²) in [5.41, 5.74) is -1.47. The predicted molar refractivity (Wildman–Crippen MR) is 183 cm³/mol. The number of unbranched alkanes of at least 4 members (excludes halogenated alkanes) is 2. The number of fused-ring (bicyclic) bond motifs is 6. The molecule has 4 N–H and O–H groups in total. The zero-order chi connectivity index (χ0) is 38.1. The topological polar surface area (TPSA) is 170 Å². The molecular weight excluding hydrogens is 696 g/mol. The van der Waals surface area contributed by atoms with Gasteiger partial charge in [0.1, 0.15) is 12.1 Å². The molecule has 53 heavy (non-hydrogen) atoms. The lowest BCUT2D eigenvalue weighted by atomic mass is 9.57. The maximum Gasteiger partial charge on any atom is 0.268 e. The van der Waals surface area contributed by atoms with E-state index in [0.29, 0.717) is 51.6 Å². The van der Waals surface area contributed by atoms with Crippen molar-refractivity contribution >= 4 is 23.6 Å². The maximum atomic E-state index is 13.8. The highest BCUT2D eigenvalue weighted by atomic mass is 19.3. The lowest BCUT2D eigenvalue weighted by Crippen LogP contribution is -2.60. The highest BCUT2D eigenvalue weighted by molar-refractivity contribution is 5.84. The SMILES string of the molecule is N#C[C@@H]1CC(F)(F)CN1C(=O)CNC12CCC(C(=O)NCCCCCNC(=O)C34CCC(NCC(=O)N5CC(F)(F)C[C@H]5C#N)(CC3)CC4)(CC1)CC2. The highest BCUT2D eigenvalue weighted by Gasteiger charge is 2.54. The molecular formula is C37H52F4N8O4. The van der Waals surface area contributed by atoms with Crippen molar-refractivity contribution in [2.24, 2.45) is 10.8 Å². The van der Waals surface area contributed by atoms with E-state index in [9.17, 15) is 47.3 Å². The number of nitrogens with zero attached hydrogens (tertiary/aromatic N) is 4. The Morgan fingerprint density at radius 3 is 1.23 bits per heavy atom. The molecule has 8 rings (SSSR count). The molecule has 0 aromatic heterocycles. The van der Waals surface area contributed by atoms with Crippen molar-refractivity contribution in [1.29, 1.82) is 10.5 Å². The van der Waals surface area contributed by atoms with Crippen LogP contribution in [0, 0.1) is 33.5 Å². The van der Waals surface area contributed by atoms with Crippen LogP contribution >= 0.6 is 0 Å². The fourth-order valence-electron chi connectivity index (χ4n) is 9.91. The van der Waals surface area contributed by atoms with Gasteiger partial charge in [-0.05, 0) is 96.3 Å². The average molecular weight is 749 g/mol. The van der Waals surface area contributed by atoms with Crippen molar-refractivity contribution in [2.45, 2.75) is 144 Å². The van der Waals surface area contributed by atoms with Gasteiger partial charge in [0.25, 0.3) is 11.8 Å². The molecule has 12 nitrogen and oxygen atoms in total. The third kappa shape index (κ3) is 8.29. The molecule has 0 radical (unpaired) electrons. The van der Waals surface area contributed by atoms with Crippen LogP contribution in [0.25, 0.3) is 0 Å². The van der Waals surface area contributed by atoms with E-state index < -0.39 is 72.5 Å². The van der Waals surface area contributed by atoms with Gasteiger partial charge in [-0.25, -0.2) is 17.6 Å². The predicted octanol–water partition coefficient (Wildman–Crippen LogP) is 3.27. The number of nitrogens with one attached hydrogen (secondary N) is 4. The highest BCUT2D eigenvalue weighted by Crippen LogP contribution is 2.53. The summed E-state index contributed by atoms with van der Waals surface area (Å²) in [7, 11) is 0. The summed E-state index contributed by atoms with van der Waals surface area (Å²) in [6, 6.07) is 1.40. The van der Waals surface area contributed by atoms with Crippen LogP contribution in [0.5, 0.6) is 0 Å². The van der Waals surface area contributed by atoms with E-state index in [1.165, 1.54) is 0 Å². The van der Waals surface area contributed by atoms with Gasteiger partial charge >= 0.3 is 0 Å². The van der Waals surface area contributed by atoms with Crippen LogP contribution in [0.1, 0.15) is 109 Å². The standard InChI is InChI=1S/C37H52F4N8O4/c38-36(39)18-26(20-42)48(24-36)28(50)22-46-34-10-4-32(5-11-34,6-12-34)30(52)44-16-2-1-3-17-45-31(53)33-7-13-35(14-8-33,15-9-33)47-23-29(51)49-25-37(40,41)19-27(49)21-43/h26-27,46-47H,1-19,22-25H2,(H,44,52)(H,45,53)/t26-,27-,32?,33?,34?,35?/m0/s1. The van der Waals surface area contributed by atoms with Crippen molar-refractivity contribution in [2.75, 3.05) is 39.3 Å². The molecule has 0 aromatic rings. The number of carbonyl (C=O) groups excluding carboxylic acids is 4. The van der Waals surface area contributed by atoms with Crippen LogP contribution in [0.2, 0.25) is 0 Å². The van der Waals surface area contributed by atoms with E-state index in [4.69, 9.17) is 0 Å². The van der Waals surface area contributed by atoms with Crippen molar-refractivity contribution in [3.63, 3.8) is 0 Å². The summed E-state index contributed by atoms with van der Waals surface area (Å²) >= 11 is 0. The molecule has 2 atom stereocenters. The van der Waals surface area contributed by atoms with E-state index in [1.807, 2.05) is 12.1 Å². The first-order chi connectivity index (χ1) is 25.1. The van der Waals surface area contributed by atoms with Gasteiger partial charge < -0.3 is 31.1 Å². The van der Waals surface area contributed by atoms with E-state index in [2.05, 4.69) is 21.3 Å². The molecule has 4 amide bonds. The Bertz CT molecular complexity index is 1370. The number of hydrogen-bond acceptors (Lipinski definition) is 8. The van der Waals surface area contributed by atoms with Gasteiger partial charge in [-0.15, -0.1) is 0 Å². The molecule has 8 aliphatic rings. The summed E-state index contributed by atoms with van der Waals surface area (Å²) in [4.78, 5) is 53.9. The lowest BCUT2D eigenvalue weighted by Gasteiger charge is -2.53. The minimum atomic E-state index is -3.05. The van der Waals surface area contributed by atoms with Gasteiger partial charge in [0, 0.05) is 47.8 Å². The summed E-state index contributed by atoms with van der Waals surface area (Å²) in [6.45, 7) is -0.565. The number of likely N-dealkylation sites (tertiary alicyclic amines) is 2. The Kier molecular flexibility index (Phi) is 11.1. The van der Waals surface area contributed by atoms with Crippen LogP contribution in [-0.2, 0) is 19.2 Å². The van der Waals surface area contributed by atoms with Gasteiger partial charge in [-0.3, -0.25) is 19.2 Å². The monoisotopic (exact) mass is 748 g/mol. The molecule has 6 aliphatic carbocycles. The number of halogens is 4. The first kappa shape index (κ1) is 39.2. The molecule has 0 unspecified atom stereocenters. The fraction of sp³-hybridized carbons (Fsp3) is 0.838. The number of nitriles is 2. The molecule has 2 saturated heterocycles. The van der Waals surface area contributed by atoms with Crippen molar-refractivity contribution in [3.05, 3.63) is 0 Å². The van der Waals surface area contributed by atoms with Gasteiger partial charge in [0.2, 0.25) is 23.6 Å². The zero-order valence-corrected chi connectivity index (χ0v) is 30.4. The Morgan fingerprint density at radius 1 is 0.566 bits per heavy atom. The third-order valence-electron chi connectivity index (χ3n) is 13.6. The van der Waals surface area contributed by atoms with Crippen LogP contribution < -0.4 is 21.3 Å². The molecule has 2 aliphatic heterocycles. The maximum absolute atomic E-state index is 13.8. The van der Waals surface area contributed by atoms with Crippen LogP contribution in [-0.4, -0.2) is 108 Å². The Labute approximate surface area is 308 Å². The molecule has 6 saturated carbocycles. The van der Waals surface area contributed by atoms with E-state index >= 15 is 0 Å². The van der Waals surface area contributed by atoms with Gasteiger partial charge in [0.05, 0.1) is 38.3 Å². The average Bonchev–Trinajstić information content (AvgIpc) is 3.67. The summed E-state index contributed by atoms with van der Waals surface area (Å²) in [6.07, 6.45) is 9.59. The molecule has 8 fully saturated rings.